The number of amides is 1. The minimum Gasteiger partial charge on any atom is -0.481 e. The molecule has 4 atom stereocenters. The Morgan fingerprint density at radius 2 is 2.06 bits per heavy atom. The molecule has 17 heavy (non-hydrogen) atoms. The van der Waals surface area contributed by atoms with E-state index in [0.29, 0.717) is 12.3 Å². The summed E-state index contributed by atoms with van der Waals surface area (Å²) in [6.45, 7) is 4.10. The Balaban J connectivity index is 1.81. The van der Waals surface area contributed by atoms with Gasteiger partial charge in [0.15, 0.2) is 0 Å². The molecule has 1 aliphatic carbocycles. The van der Waals surface area contributed by atoms with Gasteiger partial charge in [-0.3, -0.25) is 9.59 Å². The van der Waals surface area contributed by atoms with Crippen molar-refractivity contribution >= 4 is 11.9 Å². The molecule has 1 saturated heterocycles. The first-order valence-electron chi connectivity index (χ1n) is 6.20. The lowest BCUT2D eigenvalue weighted by Crippen LogP contribution is -2.49. The normalized spacial score (nSPS) is 37.5. The monoisotopic (exact) mass is 240 g/mol. The number of hydrogen-bond acceptors (Lipinski definition) is 3. The molecule has 0 radical (unpaired) electrons. The molecule has 2 N–H and O–H groups in total. The summed E-state index contributed by atoms with van der Waals surface area (Å²) in [4.78, 5) is 24.8. The topological polar surface area (TPSA) is 69.6 Å². The zero-order chi connectivity index (χ0) is 12.6. The van der Waals surface area contributed by atoms with Gasteiger partial charge in [0.2, 0.25) is 5.91 Å². The van der Waals surface area contributed by atoms with E-state index in [1.54, 1.807) is 0 Å². The van der Waals surface area contributed by atoms with Crippen molar-refractivity contribution < 1.29 is 14.7 Å². The van der Waals surface area contributed by atoms with Crippen LogP contribution in [0.4, 0.5) is 0 Å². The van der Waals surface area contributed by atoms with Gasteiger partial charge in [0.05, 0.1) is 11.8 Å². The number of aliphatic carboxylic acids is 1. The van der Waals surface area contributed by atoms with Gasteiger partial charge in [-0.05, 0) is 32.4 Å². The van der Waals surface area contributed by atoms with Crippen molar-refractivity contribution in [3.8, 4) is 0 Å². The molecule has 96 valence electrons. The van der Waals surface area contributed by atoms with Crippen LogP contribution in [-0.4, -0.2) is 48.1 Å². The van der Waals surface area contributed by atoms with Crippen LogP contribution in [0.3, 0.4) is 0 Å². The number of hydrogen-bond donors (Lipinski definition) is 2. The second-order valence-corrected chi connectivity index (χ2v) is 5.43. The van der Waals surface area contributed by atoms with Gasteiger partial charge < -0.3 is 15.3 Å². The third-order valence-corrected chi connectivity index (χ3v) is 3.88. The van der Waals surface area contributed by atoms with Gasteiger partial charge >= 0.3 is 5.97 Å². The lowest BCUT2D eigenvalue weighted by molar-refractivity contribution is -0.140. The Hall–Kier alpha value is -1.10. The molecule has 5 heteroatoms. The molecule has 0 spiro atoms. The number of nitrogens with one attached hydrogen (secondary N) is 1. The highest BCUT2D eigenvalue weighted by atomic mass is 16.4. The Kier molecular flexibility index (Phi) is 3.38. The molecule has 1 saturated carbocycles. The summed E-state index contributed by atoms with van der Waals surface area (Å²) in [5, 5.41) is 11.8. The molecular weight excluding hydrogens is 220 g/mol. The maximum Gasteiger partial charge on any atom is 0.307 e. The van der Waals surface area contributed by atoms with E-state index in [1.807, 2.05) is 0 Å². The summed E-state index contributed by atoms with van der Waals surface area (Å²) in [5.74, 6) is -1.23. The summed E-state index contributed by atoms with van der Waals surface area (Å²) in [7, 11) is 2.08. The molecule has 0 bridgehead atoms. The Morgan fingerprint density at radius 3 is 2.59 bits per heavy atom. The van der Waals surface area contributed by atoms with Crippen LogP contribution in [0.15, 0.2) is 0 Å². The molecule has 0 aromatic heterocycles. The number of nitrogens with zero attached hydrogens (tertiary/aromatic N) is 1. The summed E-state index contributed by atoms with van der Waals surface area (Å²) in [6.07, 6.45) is 1.45. The van der Waals surface area contributed by atoms with Gasteiger partial charge in [0, 0.05) is 12.6 Å². The van der Waals surface area contributed by atoms with Crippen molar-refractivity contribution in [1.82, 2.24) is 10.2 Å². The van der Waals surface area contributed by atoms with E-state index in [-0.39, 0.29) is 17.9 Å². The van der Waals surface area contributed by atoms with Gasteiger partial charge in [-0.25, -0.2) is 0 Å². The Bertz CT molecular complexity index is 332. The van der Waals surface area contributed by atoms with Crippen molar-refractivity contribution in [2.75, 3.05) is 20.1 Å². The standard InChI is InChI=1S/C12H20N2O3/c1-7-6-14(2)4-3-10(7)13-11(15)8-5-9(8)12(16)17/h7-10H,3-6H2,1-2H3,(H,13,15)(H,16,17)/t7?,8-,9+,10?/m1/s1. The number of rotatable bonds is 3. The average Bonchev–Trinajstić information content (AvgIpc) is 3.01. The van der Waals surface area contributed by atoms with Crippen LogP contribution in [-0.2, 0) is 9.59 Å². The highest BCUT2D eigenvalue weighted by molar-refractivity contribution is 5.89. The predicted octanol–water partition coefficient (Wildman–Crippen LogP) is 0.164. The fraction of sp³-hybridized carbons (Fsp3) is 0.833. The molecule has 0 aromatic carbocycles. The molecule has 5 nitrogen and oxygen atoms in total. The first kappa shape index (κ1) is 12.4. The second-order valence-electron chi connectivity index (χ2n) is 5.43. The predicted molar refractivity (Wildman–Crippen MR) is 62.4 cm³/mol. The zero-order valence-corrected chi connectivity index (χ0v) is 10.3. The number of carboxylic acids is 1. The molecule has 2 rings (SSSR count). The lowest BCUT2D eigenvalue weighted by atomic mass is 9.94. The van der Waals surface area contributed by atoms with E-state index in [4.69, 9.17) is 5.11 Å². The number of carbonyl (C=O) groups excluding carboxylic acids is 1. The number of carbonyl (C=O) groups is 2. The molecular formula is C12H20N2O3. The van der Waals surface area contributed by atoms with Crippen LogP contribution >= 0.6 is 0 Å². The van der Waals surface area contributed by atoms with E-state index in [2.05, 4.69) is 24.2 Å². The maximum atomic E-state index is 11.8. The van der Waals surface area contributed by atoms with Crippen molar-refractivity contribution in [3.63, 3.8) is 0 Å². The van der Waals surface area contributed by atoms with Crippen LogP contribution in [0.25, 0.3) is 0 Å². The molecule has 2 aliphatic rings. The highest BCUT2D eigenvalue weighted by Gasteiger charge is 2.48. The lowest BCUT2D eigenvalue weighted by Gasteiger charge is -2.35. The van der Waals surface area contributed by atoms with Crippen molar-refractivity contribution in [1.29, 1.82) is 0 Å². The van der Waals surface area contributed by atoms with Crippen molar-refractivity contribution in [2.45, 2.75) is 25.8 Å². The number of piperidine rings is 1. The maximum absolute atomic E-state index is 11.8. The number of carboxylic acid groups (broad SMARTS) is 1. The molecule has 1 aliphatic heterocycles. The van der Waals surface area contributed by atoms with Crippen molar-refractivity contribution in [3.05, 3.63) is 0 Å². The highest BCUT2D eigenvalue weighted by Crippen LogP contribution is 2.39. The largest absolute Gasteiger partial charge is 0.481 e. The minimum absolute atomic E-state index is 0.0706. The average molecular weight is 240 g/mol. The van der Waals surface area contributed by atoms with Crippen LogP contribution < -0.4 is 5.32 Å². The molecule has 0 aromatic rings. The third kappa shape index (κ3) is 2.77. The van der Waals surface area contributed by atoms with Gasteiger partial charge in [-0.2, -0.15) is 0 Å². The van der Waals surface area contributed by atoms with Gasteiger partial charge in [0.1, 0.15) is 0 Å². The first-order valence-corrected chi connectivity index (χ1v) is 6.20. The van der Waals surface area contributed by atoms with Crippen molar-refractivity contribution in [2.24, 2.45) is 17.8 Å². The van der Waals surface area contributed by atoms with E-state index in [0.717, 1.165) is 19.5 Å². The molecule has 1 amide bonds. The van der Waals surface area contributed by atoms with Gasteiger partial charge in [0.25, 0.3) is 0 Å². The fourth-order valence-corrected chi connectivity index (χ4v) is 2.62. The summed E-state index contributed by atoms with van der Waals surface area (Å²) in [6, 6.07) is 0.203. The van der Waals surface area contributed by atoms with E-state index < -0.39 is 11.9 Å². The molecule has 2 fully saturated rings. The Morgan fingerprint density at radius 1 is 1.35 bits per heavy atom. The quantitative estimate of drug-likeness (QED) is 0.737. The fourth-order valence-electron chi connectivity index (χ4n) is 2.62. The smallest absolute Gasteiger partial charge is 0.307 e. The van der Waals surface area contributed by atoms with E-state index in [9.17, 15) is 9.59 Å². The van der Waals surface area contributed by atoms with Crippen LogP contribution in [0.2, 0.25) is 0 Å². The Labute approximate surface area is 101 Å². The minimum atomic E-state index is -0.846. The van der Waals surface area contributed by atoms with E-state index >= 15 is 0 Å². The van der Waals surface area contributed by atoms with Gasteiger partial charge in [-0.15, -0.1) is 0 Å². The van der Waals surface area contributed by atoms with Crippen LogP contribution in [0, 0.1) is 17.8 Å². The third-order valence-electron chi connectivity index (χ3n) is 3.88. The van der Waals surface area contributed by atoms with E-state index in [1.165, 1.54) is 0 Å². The SMILES string of the molecule is CC1CN(C)CCC1NC(=O)[C@@H]1C[C@@H]1C(=O)O. The molecule has 2 unspecified atom stereocenters. The molecule has 1 heterocycles. The number of likely N-dealkylation sites (tertiary alicyclic amines) is 1. The summed E-state index contributed by atoms with van der Waals surface area (Å²) >= 11 is 0. The van der Waals surface area contributed by atoms with Crippen LogP contribution in [0.1, 0.15) is 19.8 Å². The van der Waals surface area contributed by atoms with Gasteiger partial charge in [-0.1, -0.05) is 6.92 Å². The first-order chi connectivity index (χ1) is 7.99. The summed E-state index contributed by atoms with van der Waals surface area (Å²) in [5.41, 5.74) is 0. The van der Waals surface area contributed by atoms with Crippen LogP contribution in [0.5, 0.6) is 0 Å². The zero-order valence-electron chi connectivity index (χ0n) is 10.3. The summed E-state index contributed by atoms with van der Waals surface area (Å²) < 4.78 is 0. The second kappa shape index (κ2) is 4.64.